The smallest absolute Gasteiger partial charge is 0.314 e. The summed E-state index contributed by atoms with van der Waals surface area (Å²) in [5, 5.41) is 5.93. The molecule has 1 aliphatic carbocycles. The first-order chi connectivity index (χ1) is 9.97. The summed E-state index contributed by atoms with van der Waals surface area (Å²) in [4.78, 5) is 11.9. The Labute approximate surface area is 128 Å². The number of amides is 2. The number of carbonyl (C=O) groups is 1. The third-order valence-electron chi connectivity index (χ3n) is 5.06. The second-order valence-corrected chi connectivity index (χ2v) is 6.97. The van der Waals surface area contributed by atoms with Gasteiger partial charge in [0, 0.05) is 32.9 Å². The van der Waals surface area contributed by atoms with Gasteiger partial charge in [-0.3, -0.25) is 0 Å². The Morgan fingerprint density at radius 3 is 2.57 bits per heavy atom. The number of urea groups is 1. The molecule has 1 saturated carbocycles. The van der Waals surface area contributed by atoms with Crippen molar-refractivity contribution in [3.63, 3.8) is 0 Å². The number of rotatable bonds is 6. The summed E-state index contributed by atoms with van der Waals surface area (Å²) < 4.78 is 11.0. The number of hydrogen-bond donors (Lipinski definition) is 2. The number of ether oxygens (including phenoxy) is 2. The molecule has 2 fully saturated rings. The molecule has 2 aliphatic rings. The molecule has 0 radical (unpaired) electrons. The van der Waals surface area contributed by atoms with Crippen LogP contribution in [0.3, 0.4) is 0 Å². The van der Waals surface area contributed by atoms with Crippen molar-refractivity contribution in [2.24, 2.45) is 11.3 Å². The summed E-state index contributed by atoms with van der Waals surface area (Å²) >= 11 is 0. The third kappa shape index (κ3) is 4.33. The normalized spacial score (nSPS) is 24.4. The Morgan fingerprint density at radius 1 is 1.29 bits per heavy atom. The molecule has 122 valence electrons. The third-order valence-corrected chi connectivity index (χ3v) is 5.06. The molecule has 2 N–H and O–H groups in total. The summed E-state index contributed by atoms with van der Waals surface area (Å²) in [6, 6.07) is -0.0862. The van der Waals surface area contributed by atoms with Crippen LogP contribution in [0.1, 0.15) is 46.5 Å². The van der Waals surface area contributed by atoms with Gasteiger partial charge in [-0.05, 0) is 57.8 Å². The minimum atomic E-state index is -0.315. The van der Waals surface area contributed by atoms with Crippen molar-refractivity contribution in [1.29, 1.82) is 0 Å². The average Bonchev–Trinajstić information content (AvgIpc) is 2.45. The van der Waals surface area contributed by atoms with E-state index in [2.05, 4.69) is 10.6 Å². The van der Waals surface area contributed by atoms with Crippen molar-refractivity contribution < 1.29 is 14.3 Å². The maximum atomic E-state index is 11.9. The van der Waals surface area contributed by atoms with E-state index in [1.54, 1.807) is 0 Å². The monoisotopic (exact) mass is 298 g/mol. The molecule has 1 atom stereocenters. The van der Waals surface area contributed by atoms with Gasteiger partial charge >= 0.3 is 6.03 Å². The summed E-state index contributed by atoms with van der Waals surface area (Å²) in [7, 11) is 0. The molecule has 1 heterocycles. The molecule has 5 nitrogen and oxygen atoms in total. The molecule has 0 aromatic heterocycles. The minimum Gasteiger partial charge on any atom is -0.381 e. The fourth-order valence-electron chi connectivity index (χ4n) is 3.52. The molecule has 1 spiro atoms. The van der Waals surface area contributed by atoms with E-state index in [4.69, 9.17) is 9.47 Å². The van der Waals surface area contributed by atoms with E-state index >= 15 is 0 Å². The van der Waals surface area contributed by atoms with Gasteiger partial charge < -0.3 is 20.1 Å². The van der Waals surface area contributed by atoms with Crippen molar-refractivity contribution in [1.82, 2.24) is 10.6 Å². The standard InChI is InChI=1S/C16H30N2O3/c1-4-21-15(2,3)12-18-14(19)17-11-13-5-6-16(13)7-9-20-10-8-16/h13H,4-12H2,1-3H3,(H2,17,18,19). The molecule has 2 amide bonds. The quantitative estimate of drug-likeness (QED) is 0.791. The van der Waals surface area contributed by atoms with Crippen LogP contribution < -0.4 is 10.6 Å². The van der Waals surface area contributed by atoms with Gasteiger partial charge in [0.1, 0.15) is 0 Å². The fraction of sp³-hybridized carbons (Fsp3) is 0.938. The maximum absolute atomic E-state index is 11.9. The first kappa shape index (κ1) is 16.6. The molecule has 1 saturated heterocycles. The SMILES string of the molecule is CCOC(C)(C)CNC(=O)NCC1CCC12CCOCC2. The Hall–Kier alpha value is -0.810. The van der Waals surface area contributed by atoms with E-state index in [0.717, 1.165) is 32.6 Å². The van der Waals surface area contributed by atoms with Crippen LogP contribution in [-0.4, -0.2) is 44.5 Å². The summed E-state index contributed by atoms with van der Waals surface area (Å²) in [5.74, 6) is 0.618. The molecule has 0 aromatic carbocycles. The van der Waals surface area contributed by atoms with E-state index < -0.39 is 0 Å². The molecule has 21 heavy (non-hydrogen) atoms. The highest BCUT2D eigenvalue weighted by Crippen LogP contribution is 2.52. The Kier molecular flexibility index (Phi) is 5.49. The van der Waals surface area contributed by atoms with Crippen molar-refractivity contribution in [2.45, 2.75) is 52.1 Å². The lowest BCUT2D eigenvalue weighted by molar-refractivity contribution is -0.0736. The van der Waals surface area contributed by atoms with Crippen LogP contribution in [0, 0.1) is 11.3 Å². The molecule has 0 bridgehead atoms. The van der Waals surface area contributed by atoms with Crippen molar-refractivity contribution in [3.8, 4) is 0 Å². The van der Waals surface area contributed by atoms with Crippen molar-refractivity contribution in [3.05, 3.63) is 0 Å². The summed E-state index contributed by atoms with van der Waals surface area (Å²) in [5.41, 5.74) is 0.126. The number of hydrogen-bond acceptors (Lipinski definition) is 3. The van der Waals surface area contributed by atoms with Crippen molar-refractivity contribution in [2.75, 3.05) is 32.9 Å². The Morgan fingerprint density at radius 2 is 2.00 bits per heavy atom. The predicted molar refractivity (Wildman–Crippen MR) is 82.3 cm³/mol. The maximum Gasteiger partial charge on any atom is 0.314 e. The zero-order chi connectivity index (χ0) is 15.3. The van der Waals surface area contributed by atoms with Crippen molar-refractivity contribution >= 4 is 6.03 Å². The Balaban J connectivity index is 1.67. The van der Waals surface area contributed by atoms with Gasteiger partial charge in [-0.25, -0.2) is 4.79 Å². The van der Waals surface area contributed by atoms with Crippen LogP contribution in [-0.2, 0) is 9.47 Å². The van der Waals surface area contributed by atoms with Gasteiger partial charge in [0.25, 0.3) is 0 Å². The highest BCUT2D eigenvalue weighted by molar-refractivity contribution is 5.73. The molecular formula is C16H30N2O3. The summed E-state index contributed by atoms with van der Waals surface area (Å²) in [6.07, 6.45) is 4.82. The van der Waals surface area contributed by atoms with E-state index in [9.17, 15) is 4.79 Å². The largest absolute Gasteiger partial charge is 0.381 e. The zero-order valence-electron chi connectivity index (χ0n) is 13.7. The highest BCUT2D eigenvalue weighted by atomic mass is 16.5. The van der Waals surface area contributed by atoms with Crippen LogP contribution in [0.5, 0.6) is 0 Å². The first-order valence-electron chi connectivity index (χ1n) is 8.21. The van der Waals surface area contributed by atoms with E-state index in [0.29, 0.717) is 24.5 Å². The van der Waals surface area contributed by atoms with Crippen LogP contribution in [0.4, 0.5) is 4.79 Å². The molecule has 2 rings (SSSR count). The zero-order valence-corrected chi connectivity index (χ0v) is 13.7. The van der Waals surface area contributed by atoms with Crippen LogP contribution in [0.25, 0.3) is 0 Å². The molecule has 0 aromatic rings. The van der Waals surface area contributed by atoms with Crippen LogP contribution in [0.15, 0.2) is 0 Å². The molecule has 5 heteroatoms. The second kappa shape index (κ2) is 6.97. The van der Waals surface area contributed by atoms with E-state index in [1.807, 2.05) is 20.8 Å². The topological polar surface area (TPSA) is 59.6 Å². The molecular weight excluding hydrogens is 268 g/mol. The van der Waals surface area contributed by atoms with Gasteiger partial charge in [-0.15, -0.1) is 0 Å². The number of nitrogens with one attached hydrogen (secondary N) is 2. The lowest BCUT2D eigenvalue weighted by atomic mass is 9.56. The van der Waals surface area contributed by atoms with Gasteiger partial charge in [0.05, 0.1) is 5.60 Å². The highest BCUT2D eigenvalue weighted by Gasteiger charge is 2.46. The van der Waals surface area contributed by atoms with Gasteiger partial charge in [0.2, 0.25) is 0 Å². The van der Waals surface area contributed by atoms with E-state index in [-0.39, 0.29) is 11.6 Å². The lowest BCUT2D eigenvalue weighted by Gasteiger charge is -2.52. The van der Waals surface area contributed by atoms with Crippen LogP contribution >= 0.6 is 0 Å². The van der Waals surface area contributed by atoms with Gasteiger partial charge in [-0.2, -0.15) is 0 Å². The summed E-state index contributed by atoms with van der Waals surface area (Å²) in [6.45, 7) is 9.65. The number of carbonyl (C=O) groups excluding carboxylic acids is 1. The lowest BCUT2D eigenvalue weighted by Crippen LogP contribution is -2.51. The first-order valence-corrected chi connectivity index (χ1v) is 8.21. The molecule has 1 unspecified atom stereocenters. The van der Waals surface area contributed by atoms with E-state index in [1.165, 1.54) is 12.8 Å². The van der Waals surface area contributed by atoms with Crippen LogP contribution in [0.2, 0.25) is 0 Å². The second-order valence-electron chi connectivity index (χ2n) is 6.97. The average molecular weight is 298 g/mol. The van der Waals surface area contributed by atoms with Gasteiger partial charge in [0.15, 0.2) is 0 Å². The van der Waals surface area contributed by atoms with Gasteiger partial charge in [-0.1, -0.05) is 0 Å². The predicted octanol–water partition coefficient (Wildman–Crippen LogP) is 2.31. The fourth-order valence-corrected chi connectivity index (χ4v) is 3.52. The minimum absolute atomic E-state index is 0.0862. The molecule has 1 aliphatic heterocycles. The Bertz CT molecular complexity index is 351.